The molecule has 0 aliphatic carbocycles. The number of nitrogens with one attached hydrogen (secondary N) is 2. The van der Waals surface area contributed by atoms with Gasteiger partial charge in [0, 0.05) is 12.8 Å². The minimum absolute atomic E-state index is 0.361. The van der Waals surface area contributed by atoms with Crippen LogP contribution in [0.3, 0.4) is 0 Å². The predicted molar refractivity (Wildman–Crippen MR) is 82.4 cm³/mol. The second-order valence-corrected chi connectivity index (χ2v) is 5.53. The maximum atomic E-state index is 11.5. The number of hydrogen-bond acceptors (Lipinski definition) is 5. The average Bonchev–Trinajstić information content (AvgIpc) is 2.41. The van der Waals surface area contributed by atoms with Gasteiger partial charge < -0.3 is 10.1 Å². The third-order valence-electron chi connectivity index (χ3n) is 2.43. The predicted octanol–water partition coefficient (Wildman–Crippen LogP) is 3.70. The number of alkyl carbamates (subject to hydrolysis) is 1. The number of para-hydroxylation sites is 1. The topological polar surface area (TPSA) is 86.9 Å². The first kappa shape index (κ1) is 16.8. The summed E-state index contributed by atoms with van der Waals surface area (Å²) in [6.07, 6.45) is 1.64. The number of benzene rings is 1. The molecule has 6 nitrogen and oxygen atoms in total. The molecule has 0 aromatic heterocycles. The van der Waals surface area contributed by atoms with E-state index in [0.29, 0.717) is 13.0 Å². The molecule has 114 valence electrons. The van der Waals surface area contributed by atoms with Crippen molar-refractivity contribution in [2.24, 2.45) is 10.1 Å². The summed E-state index contributed by atoms with van der Waals surface area (Å²) >= 11 is 0. The fourth-order valence-electron chi connectivity index (χ4n) is 1.49. The lowest BCUT2D eigenvalue weighted by Gasteiger charge is -2.19. The van der Waals surface area contributed by atoms with Gasteiger partial charge in [-0.2, -0.15) is 5.11 Å². The minimum Gasteiger partial charge on any atom is -0.444 e. The molecule has 6 heteroatoms. The molecule has 0 aliphatic heterocycles. The van der Waals surface area contributed by atoms with Crippen LogP contribution in [0, 0.1) is 5.53 Å². The van der Waals surface area contributed by atoms with Crippen molar-refractivity contribution in [2.75, 3.05) is 6.54 Å². The summed E-state index contributed by atoms with van der Waals surface area (Å²) < 4.78 is 5.12. The van der Waals surface area contributed by atoms with E-state index in [1.54, 1.807) is 27.0 Å². The standard InChI is InChI=1S/C15H22N4O2/c1-15(2,3)21-14(20)17-10-9-13(19-16)11-18-12-7-5-4-6-8-12/h4-8,11,13,16H,9-10H2,1-3H3,(H,17,20). The van der Waals surface area contributed by atoms with Crippen LogP contribution in [0.2, 0.25) is 0 Å². The molecule has 0 fully saturated rings. The van der Waals surface area contributed by atoms with Crippen LogP contribution in [-0.2, 0) is 4.74 Å². The summed E-state index contributed by atoms with van der Waals surface area (Å²) in [4.78, 5) is 15.7. The van der Waals surface area contributed by atoms with Crippen molar-refractivity contribution in [1.29, 1.82) is 5.53 Å². The zero-order valence-electron chi connectivity index (χ0n) is 12.7. The molecule has 21 heavy (non-hydrogen) atoms. The summed E-state index contributed by atoms with van der Waals surface area (Å²) in [6.45, 7) is 5.80. The molecule has 2 N–H and O–H groups in total. The Morgan fingerprint density at radius 2 is 2.05 bits per heavy atom. The number of carbonyl (C=O) groups is 1. The molecule has 1 unspecified atom stereocenters. The van der Waals surface area contributed by atoms with Crippen LogP contribution in [0.5, 0.6) is 0 Å². The van der Waals surface area contributed by atoms with Gasteiger partial charge in [0.2, 0.25) is 0 Å². The van der Waals surface area contributed by atoms with Gasteiger partial charge in [-0.3, -0.25) is 4.99 Å². The second kappa shape index (κ2) is 8.14. The molecule has 0 saturated carbocycles. The Morgan fingerprint density at radius 3 is 2.62 bits per heavy atom. The second-order valence-electron chi connectivity index (χ2n) is 5.53. The van der Waals surface area contributed by atoms with Crippen LogP contribution in [-0.4, -0.2) is 30.5 Å². The van der Waals surface area contributed by atoms with Crippen molar-refractivity contribution in [2.45, 2.75) is 38.8 Å². The average molecular weight is 290 g/mol. The largest absolute Gasteiger partial charge is 0.444 e. The van der Waals surface area contributed by atoms with Crippen LogP contribution in [0.1, 0.15) is 27.2 Å². The molecule has 1 amide bonds. The van der Waals surface area contributed by atoms with Gasteiger partial charge >= 0.3 is 6.09 Å². The third kappa shape index (κ3) is 7.81. The van der Waals surface area contributed by atoms with Crippen molar-refractivity contribution < 1.29 is 9.53 Å². The highest BCUT2D eigenvalue weighted by Gasteiger charge is 2.15. The minimum atomic E-state index is -0.516. The summed E-state index contributed by atoms with van der Waals surface area (Å²) in [5, 5.41) is 6.12. The van der Waals surface area contributed by atoms with Crippen LogP contribution in [0.25, 0.3) is 0 Å². The molecule has 1 atom stereocenters. The fourth-order valence-corrected chi connectivity index (χ4v) is 1.49. The Bertz CT molecular complexity index is 480. The Hall–Kier alpha value is -2.24. The van der Waals surface area contributed by atoms with Gasteiger partial charge in [-0.25, -0.2) is 10.3 Å². The van der Waals surface area contributed by atoms with Gasteiger partial charge in [0.05, 0.1) is 5.69 Å². The highest BCUT2D eigenvalue weighted by atomic mass is 16.6. The van der Waals surface area contributed by atoms with Crippen LogP contribution in [0.15, 0.2) is 40.4 Å². The smallest absolute Gasteiger partial charge is 0.407 e. The Balaban J connectivity index is 2.37. The summed E-state index contributed by atoms with van der Waals surface area (Å²) in [5.41, 5.74) is 7.44. The van der Waals surface area contributed by atoms with Crippen molar-refractivity contribution in [3.63, 3.8) is 0 Å². The van der Waals surface area contributed by atoms with Crippen molar-refractivity contribution in [3.8, 4) is 0 Å². The number of carbonyl (C=O) groups excluding carboxylic acids is 1. The molecule has 1 aromatic rings. The van der Waals surface area contributed by atoms with E-state index in [2.05, 4.69) is 15.4 Å². The van der Waals surface area contributed by atoms with Gasteiger partial charge in [-0.05, 0) is 39.3 Å². The first-order chi connectivity index (χ1) is 9.90. The van der Waals surface area contributed by atoms with Gasteiger partial charge in [-0.1, -0.05) is 18.2 Å². The van der Waals surface area contributed by atoms with Crippen molar-refractivity contribution >= 4 is 18.0 Å². The lowest BCUT2D eigenvalue weighted by Crippen LogP contribution is -2.34. The van der Waals surface area contributed by atoms with Crippen LogP contribution in [0.4, 0.5) is 10.5 Å². The molecule has 0 bridgehead atoms. The highest BCUT2D eigenvalue weighted by molar-refractivity contribution is 5.69. The van der Waals surface area contributed by atoms with Crippen molar-refractivity contribution in [3.05, 3.63) is 30.3 Å². The van der Waals surface area contributed by atoms with E-state index >= 15 is 0 Å². The molecule has 0 radical (unpaired) electrons. The molecule has 0 spiro atoms. The van der Waals surface area contributed by atoms with Crippen molar-refractivity contribution in [1.82, 2.24) is 5.32 Å². The first-order valence-corrected chi connectivity index (χ1v) is 6.83. The summed E-state index contributed by atoms with van der Waals surface area (Å²) in [6, 6.07) is 9.08. The zero-order chi connectivity index (χ0) is 15.7. The number of amides is 1. The number of nitrogens with zero attached hydrogens (tertiary/aromatic N) is 2. The lowest BCUT2D eigenvalue weighted by atomic mass is 10.2. The van der Waals surface area contributed by atoms with Gasteiger partial charge in [0.15, 0.2) is 0 Å². The summed E-state index contributed by atoms with van der Waals surface area (Å²) in [7, 11) is 0. The molecule has 1 rings (SSSR count). The van der Waals surface area contributed by atoms with Gasteiger partial charge in [-0.15, -0.1) is 0 Å². The van der Waals surface area contributed by atoms with E-state index < -0.39 is 11.7 Å². The first-order valence-electron chi connectivity index (χ1n) is 6.83. The molecule has 0 aliphatic rings. The van der Waals surface area contributed by atoms with Gasteiger partial charge in [0.25, 0.3) is 0 Å². The van der Waals surface area contributed by atoms with E-state index in [1.165, 1.54) is 0 Å². The van der Waals surface area contributed by atoms with E-state index in [-0.39, 0.29) is 6.04 Å². The maximum Gasteiger partial charge on any atom is 0.407 e. The Kier molecular flexibility index (Phi) is 6.52. The fraction of sp³-hybridized carbons (Fsp3) is 0.467. The monoisotopic (exact) mass is 290 g/mol. The molecule has 0 saturated heterocycles. The highest BCUT2D eigenvalue weighted by Crippen LogP contribution is 2.10. The maximum absolute atomic E-state index is 11.5. The number of ether oxygens (including phenoxy) is 1. The normalized spacial score (nSPS) is 12.9. The Labute approximate surface area is 125 Å². The SMILES string of the molecule is CC(C)(C)OC(=O)NCCC(C=Nc1ccccc1)N=N. The summed E-state index contributed by atoms with van der Waals surface area (Å²) in [5.74, 6) is 0. The molecule has 1 aromatic carbocycles. The molecular formula is C15H22N4O2. The quantitative estimate of drug-likeness (QED) is 0.618. The van der Waals surface area contributed by atoms with E-state index in [0.717, 1.165) is 5.69 Å². The lowest BCUT2D eigenvalue weighted by molar-refractivity contribution is 0.0527. The van der Waals surface area contributed by atoms with E-state index in [1.807, 2.05) is 30.3 Å². The molecule has 0 heterocycles. The van der Waals surface area contributed by atoms with E-state index in [9.17, 15) is 4.79 Å². The van der Waals surface area contributed by atoms with Crippen LogP contribution < -0.4 is 5.32 Å². The third-order valence-corrected chi connectivity index (χ3v) is 2.43. The number of rotatable bonds is 6. The number of aliphatic imine (C=N–C) groups is 1. The zero-order valence-corrected chi connectivity index (χ0v) is 12.7. The van der Waals surface area contributed by atoms with Crippen LogP contribution >= 0.6 is 0 Å². The Morgan fingerprint density at radius 1 is 1.38 bits per heavy atom. The van der Waals surface area contributed by atoms with Gasteiger partial charge in [0.1, 0.15) is 11.6 Å². The number of hydrogen-bond donors (Lipinski definition) is 2. The molecular weight excluding hydrogens is 268 g/mol. The van der Waals surface area contributed by atoms with E-state index in [4.69, 9.17) is 10.3 Å².